The molecule has 0 bridgehead atoms. The number of methoxy groups -OCH3 is 1. The molecular formula is C13H15NO3. The van der Waals surface area contributed by atoms with Crippen LogP contribution in [0.15, 0.2) is 42.1 Å². The quantitative estimate of drug-likeness (QED) is 0.340. The molecule has 4 nitrogen and oxygen atoms in total. The molecule has 0 atom stereocenters. The van der Waals surface area contributed by atoms with Crippen molar-refractivity contribution in [3.05, 3.63) is 42.5 Å². The van der Waals surface area contributed by atoms with Crippen molar-refractivity contribution in [2.45, 2.75) is 13.3 Å². The molecule has 0 amide bonds. The molecule has 0 heterocycles. The third-order valence-electron chi connectivity index (χ3n) is 2.05. The second-order valence-corrected chi connectivity index (χ2v) is 3.34. The van der Waals surface area contributed by atoms with Gasteiger partial charge in [0.05, 0.1) is 12.8 Å². The van der Waals surface area contributed by atoms with E-state index in [4.69, 9.17) is 4.74 Å². The van der Waals surface area contributed by atoms with Gasteiger partial charge in [-0.2, -0.15) is 0 Å². The van der Waals surface area contributed by atoms with E-state index in [-0.39, 0.29) is 0 Å². The van der Waals surface area contributed by atoms with E-state index in [2.05, 4.69) is 16.6 Å². The van der Waals surface area contributed by atoms with Crippen molar-refractivity contribution in [2.75, 3.05) is 7.11 Å². The number of rotatable bonds is 5. The number of carbonyl (C=O) groups excluding carboxylic acids is 1. The van der Waals surface area contributed by atoms with Gasteiger partial charge in [-0.15, -0.1) is 6.58 Å². The van der Waals surface area contributed by atoms with Gasteiger partial charge in [0.25, 0.3) is 0 Å². The van der Waals surface area contributed by atoms with E-state index in [1.54, 1.807) is 13.2 Å². The first-order valence-corrected chi connectivity index (χ1v) is 5.17. The molecule has 0 aliphatic heterocycles. The molecule has 0 spiro atoms. The molecule has 90 valence electrons. The Morgan fingerprint density at radius 2 is 2.06 bits per heavy atom. The zero-order chi connectivity index (χ0) is 12.7. The normalized spacial score (nSPS) is 10.8. The van der Waals surface area contributed by atoms with Crippen LogP contribution in [0.5, 0.6) is 5.75 Å². The Morgan fingerprint density at radius 3 is 2.53 bits per heavy atom. The van der Waals surface area contributed by atoms with Gasteiger partial charge in [-0.25, -0.2) is 4.79 Å². The Balaban J connectivity index is 2.92. The lowest BCUT2D eigenvalue weighted by molar-refractivity contribution is -0.140. The fourth-order valence-corrected chi connectivity index (χ4v) is 1.25. The summed E-state index contributed by atoms with van der Waals surface area (Å²) in [5.41, 5.74) is 1.52. The molecule has 4 heteroatoms. The summed E-state index contributed by atoms with van der Waals surface area (Å²) in [6, 6.07) is 7.35. The highest BCUT2D eigenvalue weighted by molar-refractivity contribution is 6.01. The molecule has 1 aromatic carbocycles. The molecular weight excluding hydrogens is 218 g/mol. The van der Waals surface area contributed by atoms with Gasteiger partial charge in [-0.05, 0) is 29.8 Å². The van der Waals surface area contributed by atoms with Crippen LogP contribution in [0, 0.1) is 0 Å². The van der Waals surface area contributed by atoms with Gasteiger partial charge in [0.15, 0.2) is 0 Å². The number of nitrogens with zero attached hydrogens (tertiary/aromatic N) is 1. The van der Waals surface area contributed by atoms with Gasteiger partial charge in [-0.3, -0.25) is 0 Å². The topological polar surface area (TPSA) is 47.9 Å². The van der Waals surface area contributed by atoms with Gasteiger partial charge in [0, 0.05) is 13.3 Å². The Labute approximate surface area is 101 Å². The predicted octanol–water partition coefficient (Wildman–Crippen LogP) is 2.54. The molecule has 0 saturated carbocycles. The van der Waals surface area contributed by atoms with Crippen molar-refractivity contribution in [2.24, 2.45) is 5.16 Å². The van der Waals surface area contributed by atoms with E-state index >= 15 is 0 Å². The number of hydrogen-bond acceptors (Lipinski definition) is 4. The number of hydrogen-bond donors (Lipinski definition) is 0. The second-order valence-electron chi connectivity index (χ2n) is 3.34. The van der Waals surface area contributed by atoms with Crippen LogP contribution in [0.4, 0.5) is 0 Å². The van der Waals surface area contributed by atoms with E-state index in [1.807, 2.05) is 24.3 Å². The number of allylic oxidation sites excluding steroid dienone is 1. The minimum absolute atomic E-state index is 0.444. The molecule has 0 aliphatic carbocycles. The molecule has 0 aromatic heterocycles. The van der Waals surface area contributed by atoms with E-state index in [0.717, 1.165) is 11.3 Å². The van der Waals surface area contributed by atoms with Crippen molar-refractivity contribution in [1.29, 1.82) is 0 Å². The highest BCUT2D eigenvalue weighted by Crippen LogP contribution is 2.13. The van der Waals surface area contributed by atoms with Crippen LogP contribution in [-0.2, 0) is 9.63 Å². The molecule has 1 aromatic rings. The average molecular weight is 233 g/mol. The van der Waals surface area contributed by atoms with Crippen LogP contribution in [0.25, 0.3) is 0 Å². The molecule has 17 heavy (non-hydrogen) atoms. The first kappa shape index (κ1) is 13.0. The fourth-order valence-electron chi connectivity index (χ4n) is 1.25. The van der Waals surface area contributed by atoms with Crippen molar-refractivity contribution in [1.82, 2.24) is 0 Å². The maximum atomic E-state index is 10.7. The standard InChI is InChI=1S/C13H15NO3/c1-4-5-13(14-17-10(2)15)11-6-8-12(16-3)9-7-11/h4,6-9H,1,5H2,2-3H3/b14-13+. The third-order valence-corrected chi connectivity index (χ3v) is 2.05. The highest BCUT2D eigenvalue weighted by atomic mass is 16.7. The Hall–Kier alpha value is -2.10. The largest absolute Gasteiger partial charge is 0.497 e. The van der Waals surface area contributed by atoms with E-state index in [9.17, 15) is 4.79 Å². The molecule has 0 N–H and O–H groups in total. The maximum Gasteiger partial charge on any atom is 0.331 e. The van der Waals surface area contributed by atoms with Crippen LogP contribution in [0.2, 0.25) is 0 Å². The highest BCUT2D eigenvalue weighted by Gasteiger charge is 2.04. The predicted molar refractivity (Wildman–Crippen MR) is 66.1 cm³/mol. The molecule has 0 radical (unpaired) electrons. The van der Waals surface area contributed by atoms with E-state index < -0.39 is 5.97 Å². The van der Waals surface area contributed by atoms with Crippen molar-refractivity contribution in [3.63, 3.8) is 0 Å². The molecule has 0 saturated heterocycles. The van der Waals surface area contributed by atoms with Gasteiger partial charge < -0.3 is 9.57 Å². The van der Waals surface area contributed by atoms with Crippen LogP contribution < -0.4 is 4.74 Å². The first-order valence-electron chi connectivity index (χ1n) is 5.17. The summed E-state index contributed by atoms with van der Waals surface area (Å²) in [5, 5.41) is 3.79. The number of ether oxygens (including phenoxy) is 1. The number of benzene rings is 1. The zero-order valence-corrected chi connectivity index (χ0v) is 9.97. The molecule has 0 aliphatic rings. The van der Waals surface area contributed by atoms with Gasteiger partial charge in [0.1, 0.15) is 5.75 Å². The smallest absolute Gasteiger partial charge is 0.331 e. The molecule has 1 rings (SSSR count). The number of carbonyl (C=O) groups is 1. The van der Waals surface area contributed by atoms with Crippen molar-refractivity contribution < 1.29 is 14.4 Å². The summed E-state index contributed by atoms with van der Waals surface area (Å²) in [7, 11) is 1.60. The molecule has 0 unspecified atom stereocenters. The van der Waals surface area contributed by atoms with Crippen LogP contribution >= 0.6 is 0 Å². The van der Waals surface area contributed by atoms with Crippen LogP contribution in [-0.4, -0.2) is 18.8 Å². The monoisotopic (exact) mass is 233 g/mol. The number of oxime groups is 1. The van der Waals surface area contributed by atoms with Gasteiger partial charge in [0.2, 0.25) is 0 Å². The van der Waals surface area contributed by atoms with Crippen molar-refractivity contribution >= 4 is 11.7 Å². The summed E-state index contributed by atoms with van der Waals surface area (Å²) in [5.74, 6) is 0.319. The lowest BCUT2D eigenvalue weighted by Crippen LogP contribution is -2.03. The zero-order valence-electron chi connectivity index (χ0n) is 9.97. The lowest BCUT2D eigenvalue weighted by Gasteiger charge is -2.04. The fraction of sp³-hybridized carbons (Fsp3) is 0.231. The van der Waals surface area contributed by atoms with Gasteiger partial charge in [-0.1, -0.05) is 11.2 Å². The average Bonchev–Trinajstić information content (AvgIpc) is 2.34. The SMILES string of the molecule is C=CC/C(=N\OC(C)=O)c1ccc(OC)cc1. The third kappa shape index (κ3) is 4.10. The second kappa shape index (κ2) is 6.48. The minimum atomic E-state index is -0.444. The summed E-state index contributed by atoms with van der Waals surface area (Å²) in [4.78, 5) is 15.3. The Bertz CT molecular complexity index is 421. The molecule has 0 fully saturated rings. The summed E-state index contributed by atoms with van der Waals surface area (Å²) in [6.45, 7) is 4.95. The van der Waals surface area contributed by atoms with Gasteiger partial charge >= 0.3 is 5.97 Å². The Morgan fingerprint density at radius 1 is 1.41 bits per heavy atom. The first-order chi connectivity index (χ1) is 8.17. The summed E-state index contributed by atoms with van der Waals surface area (Å²) < 4.78 is 5.06. The van der Waals surface area contributed by atoms with Crippen LogP contribution in [0.1, 0.15) is 18.9 Å². The van der Waals surface area contributed by atoms with E-state index in [0.29, 0.717) is 12.1 Å². The van der Waals surface area contributed by atoms with Crippen molar-refractivity contribution in [3.8, 4) is 5.75 Å². The summed E-state index contributed by atoms with van der Waals surface area (Å²) >= 11 is 0. The minimum Gasteiger partial charge on any atom is -0.497 e. The summed E-state index contributed by atoms with van der Waals surface area (Å²) in [6.07, 6.45) is 2.23. The Kier molecular flexibility index (Phi) is 4.94. The maximum absolute atomic E-state index is 10.7. The lowest BCUT2D eigenvalue weighted by atomic mass is 10.1. The van der Waals surface area contributed by atoms with E-state index in [1.165, 1.54) is 6.92 Å². The van der Waals surface area contributed by atoms with Crippen LogP contribution in [0.3, 0.4) is 0 Å².